The normalized spacial score (nSPS) is 16.8. The van der Waals surface area contributed by atoms with Gasteiger partial charge in [-0.15, -0.1) is 0 Å². The molecule has 3 atom stereocenters. The average molecular weight is 241 g/mol. The van der Waals surface area contributed by atoms with E-state index in [1.165, 1.54) is 0 Å². The second-order valence-corrected chi connectivity index (χ2v) is 4.34. The Labute approximate surface area is 103 Å². The van der Waals surface area contributed by atoms with Gasteiger partial charge < -0.3 is 15.6 Å². The van der Waals surface area contributed by atoms with Gasteiger partial charge in [-0.2, -0.15) is 5.10 Å². The topological polar surface area (TPSA) is 73.3 Å². The van der Waals surface area contributed by atoms with Crippen molar-refractivity contribution < 1.29 is 9.84 Å². The van der Waals surface area contributed by atoms with E-state index in [0.717, 1.165) is 18.5 Å². The van der Waals surface area contributed by atoms with Gasteiger partial charge in [0, 0.05) is 24.8 Å². The van der Waals surface area contributed by atoms with Crippen LogP contribution in [0.15, 0.2) is 12.4 Å². The second-order valence-electron chi connectivity index (χ2n) is 4.34. The molecule has 0 aromatic carbocycles. The molecule has 17 heavy (non-hydrogen) atoms. The minimum atomic E-state index is -0.505. The van der Waals surface area contributed by atoms with Crippen molar-refractivity contribution in [1.82, 2.24) is 9.78 Å². The number of hydrogen-bond acceptors (Lipinski definition) is 4. The first-order chi connectivity index (χ1) is 8.08. The van der Waals surface area contributed by atoms with Gasteiger partial charge in [0.2, 0.25) is 0 Å². The van der Waals surface area contributed by atoms with E-state index in [1.54, 1.807) is 13.1 Å². The Kier molecular flexibility index (Phi) is 5.61. The molecule has 98 valence electrons. The Balaban J connectivity index is 2.65. The van der Waals surface area contributed by atoms with E-state index < -0.39 is 6.10 Å². The van der Waals surface area contributed by atoms with E-state index in [-0.39, 0.29) is 12.2 Å². The molecular formula is C12H23N3O2. The summed E-state index contributed by atoms with van der Waals surface area (Å²) in [6, 6.07) is 0. The van der Waals surface area contributed by atoms with Crippen molar-refractivity contribution >= 4 is 0 Å². The molecule has 0 aliphatic carbocycles. The zero-order valence-electron chi connectivity index (χ0n) is 10.8. The number of nitrogens with zero attached hydrogens (tertiary/aromatic N) is 2. The minimum Gasteiger partial charge on any atom is -0.391 e. The second kappa shape index (κ2) is 6.74. The van der Waals surface area contributed by atoms with Gasteiger partial charge in [0.15, 0.2) is 0 Å². The van der Waals surface area contributed by atoms with Crippen molar-refractivity contribution in [3.8, 4) is 0 Å². The summed E-state index contributed by atoms with van der Waals surface area (Å²) in [7, 11) is 0. The van der Waals surface area contributed by atoms with E-state index in [0.29, 0.717) is 6.54 Å². The van der Waals surface area contributed by atoms with Crippen molar-refractivity contribution in [3.05, 3.63) is 18.0 Å². The predicted molar refractivity (Wildman–Crippen MR) is 66.5 cm³/mol. The third-order valence-corrected chi connectivity index (χ3v) is 2.75. The van der Waals surface area contributed by atoms with Crippen LogP contribution in [0, 0.1) is 0 Å². The summed E-state index contributed by atoms with van der Waals surface area (Å²) in [6.45, 7) is 6.93. The maximum Gasteiger partial charge on any atom is 0.0982 e. The summed E-state index contributed by atoms with van der Waals surface area (Å²) in [4.78, 5) is 0. The molecule has 1 rings (SSSR count). The Hall–Kier alpha value is -0.910. The first-order valence-electron chi connectivity index (χ1n) is 6.14. The van der Waals surface area contributed by atoms with Gasteiger partial charge in [-0.3, -0.25) is 4.68 Å². The lowest BCUT2D eigenvalue weighted by molar-refractivity contribution is -0.0592. The van der Waals surface area contributed by atoms with Crippen LogP contribution in [0.5, 0.6) is 0 Å². The Morgan fingerprint density at radius 3 is 2.76 bits per heavy atom. The summed E-state index contributed by atoms with van der Waals surface area (Å²) < 4.78 is 7.59. The molecule has 1 heterocycles. The number of nitrogens with two attached hydrogens (primary N) is 1. The summed E-state index contributed by atoms with van der Waals surface area (Å²) in [5.41, 5.74) is 6.66. The number of rotatable bonds is 7. The molecule has 3 unspecified atom stereocenters. The van der Waals surface area contributed by atoms with Crippen molar-refractivity contribution in [3.63, 3.8) is 0 Å². The molecule has 0 fully saturated rings. The summed E-state index contributed by atoms with van der Waals surface area (Å²) in [6.07, 6.45) is 3.83. The summed E-state index contributed by atoms with van der Waals surface area (Å²) in [5, 5.41) is 13.7. The number of aliphatic hydroxyl groups excluding tert-OH is 1. The lowest BCUT2D eigenvalue weighted by atomic mass is 10.2. The highest BCUT2D eigenvalue weighted by Crippen LogP contribution is 2.18. The standard InChI is InChI=1S/C12H23N3O2/c1-4-5-15-8-11(7-14-15)12(6-13)17-10(3)9(2)16/h7-10,12,16H,4-6,13H2,1-3H3. The quantitative estimate of drug-likeness (QED) is 0.749. The minimum absolute atomic E-state index is 0.204. The third kappa shape index (κ3) is 4.11. The molecule has 0 bridgehead atoms. The average Bonchev–Trinajstić information content (AvgIpc) is 2.74. The highest BCUT2D eigenvalue weighted by Gasteiger charge is 2.18. The van der Waals surface area contributed by atoms with Crippen LogP contribution in [0.25, 0.3) is 0 Å². The Morgan fingerprint density at radius 1 is 1.53 bits per heavy atom. The maximum absolute atomic E-state index is 9.41. The number of hydrogen-bond donors (Lipinski definition) is 2. The molecule has 1 aromatic heterocycles. The van der Waals surface area contributed by atoms with Gasteiger partial charge in [-0.25, -0.2) is 0 Å². The van der Waals surface area contributed by atoms with Gasteiger partial charge >= 0.3 is 0 Å². The molecule has 0 saturated carbocycles. The van der Waals surface area contributed by atoms with Crippen LogP contribution in [0.4, 0.5) is 0 Å². The molecule has 0 radical (unpaired) electrons. The fourth-order valence-electron chi connectivity index (χ4n) is 1.54. The van der Waals surface area contributed by atoms with Crippen LogP contribution in [0.1, 0.15) is 38.9 Å². The van der Waals surface area contributed by atoms with Crippen LogP contribution < -0.4 is 5.73 Å². The molecule has 5 nitrogen and oxygen atoms in total. The fourth-order valence-corrected chi connectivity index (χ4v) is 1.54. The fraction of sp³-hybridized carbons (Fsp3) is 0.750. The number of aromatic nitrogens is 2. The van der Waals surface area contributed by atoms with E-state index in [2.05, 4.69) is 12.0 Å². The monoisotopic (exact) mass is 241 g/mol. The SMILES string of the molecule is CCCn1cc(C(CN)OC(C)C(C)O)cn1. The largest absolute Gasteiger partial charge is 0.391 e. The maximum atomic E-state index is 9.41. The first kappa shape index (κ1) is 14.2. The van der Waals surface area contributed by atoms with Crippen molar-refractivity contribution in [2.24, 2.45) is 5.73 Å². The number of ether oxygens (including phenoxy) is 1. The van der Waals surface area contributed by atoms with E-state index in [1.807, 2.05) is 17.8 Å². The lowest BCUT2D eigenvalue weighted by Gasteiger charge is -2.22. The first-order valence-corrected chi connectivity index (χ1v) is 6.14. The summed E-state index contributed by atoms with van der Waals surface area (Å²) >= 11 is 0. The number of aliphatic hydroxyl groups is 1. The van der Waals surface area contributed by atoms with E-state index >= 15 is 0 Å². The molecule has 3 N–H and O–H groups in total. The molecule has 0 aliphatic heterocycles. The molecule has 1 aromatic rings. The Morgan fingerprint density at radius 2 is 2.24 bits per heavy atom. The lowest BCUT2D eigenvalue weighted by Crippen LogP contribution is -2.28. The van der Waals surface area contributed by atoms with Gasteiger partial charge in [0.1, 0.15) is 0 Å². The van der Waals surface area contributed by atoms with Gasteiger partial charge in [0.05, 0.1) is 24.5 Å². The molecule has 5 heteroatoms. The molecule has 0 aliphatic rings. The van der Waals surface area contributed by atoms with Crippen LogP contribution in [-0.4, -0.2) is 33.6 Å². The Bertz CT molecular complexity index is 325. The van der Waals surface area contributed by atoms with Gasteiger partial charge in [0.25, 0.3) is 0 Å². The van der Waals surface area contributed by atoms with Crippen molar-refractivity contribution in [1.29, 1.82) is 0 Å². The number of aryl methyl sites for hydroxylation is 1. The molecule has 0 amide bonds. The van der Waals surface area contributed by atoms with Gasteiger partial charge in [-0.05, 0) is 20.3 Å². The van der Waals surface area contributed by atoms with Crippen LogP contribution >= 0.6 is 0 Å². The van der Waals surface area contributed by atoms with Crippen molar-refractivity contribution in [2.75, 3.05) is 6.54 Å². The highest BCUT2D eigenvalue weighted by molar-refractivity contribution is 5.09. The van der Waals surface area contributed by atoms with Crippen LogP contribution in [0.2, 0.25) is 0 Å². The smallest absolute Gasteiger partial charge is 0.0982 e. The summed E-state index contributed by atoms with van der Waals surface area (Å²) in [5.74, 6) is 0. The highest BCUT2D eigenvalue weighted by atomic mass is 16.5. The third-order valence-electron chi connectivity index (χ3n) is 2.75. The van der Waals surface area contributed by atoms with E-state index in [9.17, 15) is 5.11 Å². The van der Waals surface area contributed by atoms with Gasteiger partial charge in [-0.1, -0.05) is 6.92 Å². The molecule has 0 saturated heterocycles. The van der Waals surface area contributed by atoms with Crippen LogP contribution in [-0.2, 0) is 11.3 Å². The molecule has 0 spiro atoms. The van der Waals surface area contributed by atoms with Crippen molar-refractivity contribution in [2.45, 2.75) is 52.0 Å². The van der Waals surface area contributed by atoms with Crippen LogP contribution in [0.3, 0.4) is 0 Å². The molecular weight excluding hydrogens is 218 g/mol. The zero-order valence-corrected chi connectivity index (χ0v) is 10.8. The van der Waals surface area contributed by atoms with E-state index in [4.69, 9.17) is 10.5 Å². The predicted octanol–water partition coefficient (Wildman–Crippen LogP) is 1.08. The zero-order chi connectivity index (χ0) is 12.8.